The Morgan fingerprint density at radius 3 is 2.92 bits per heavy atom. The fourth-order valence-corrected chi connectivity index (χ4v) is 2.65. The van der Waals surface area contributed by atoms with Crippen LogP contribution in [0, 0.1) is 6.92 Å². The number of carbonyl (C=O) groups is 1. The lowest BCUT2D eigenvalue weighted by Crippen LogP contribution is -2.12. The molecule has 0 saturated carbocycles. The largest absolute Gasteiger partial charge is 0.496 e. The standard InChI is InChI=1S/C15H15N5O3S/c1-9-18-19-15(24-9)16-12(21)7-8-13-17-14(20-23-13)10-5-3-4-6-11(10)22-2/h3-6H,7-8H2,1-2H3,(H,16,19,21). The maximum absolute atomic E-state index is 11.9. The second-order valence-electron chi connectivity index (χ2n) is 4.89. The molecule has 3 rings (SSSR count). The number of amides is 1. The highest BCUT2D eigenvalue weighted by molar-refractivity contribution is 7.15. The summed E-state index contributed by atoms with van der Waals surface area (Å²) in [6.07, 6.45) is 0.554. The first-order chi connectivity index (χ1) is 11.7. The molecule has 0 aliphatic heterocycles. The Morgan fingerprint density at radius 1 is 1.33 bits per heavy atom. The van der Waals surface area contributed by atoms with Gasteiger partial charge in [-0.3, -0.25) is 4.79 Å². The molecule has 0 bridgehead atoms. The maximum atomic E-state index is 11.9. The number of hydrogen-bond donors (Lipinski definition) is 1. The van der Waals surface area contributed by atoms with Gasteiger partial charge in [0.05, 0.1) is 12.7 Å². The van der Waals surface area contributed by atoms with Crippen molar-refractivity contribution < 1.29 is 14.1 Å². The molecule has 0 spiro atoms. The number of aryl methyl sites for hydroxylation is 2. The smallest absolute Gasteiger partial charge is 0.227 e. The van der Waals surface area contributed by atoms with Gasteiger partial charge in [0.25, 0.3) is 0 Å². The van der Waals surface area contributed by atoms with E-state index in [2.05, 4.69) is 25.7 Å². The molecule has 0 fully saturated rings. The number of methoxy groups -OCH3 is 1. The molecule has 0 atom stereocenters. The predicted molar refractivity (Wildman–Crippen MR) is 87.9 cm³/mol. The van der Waals surface area contributed by atoms with E-state index in [9.17, 15) is 4.79 Å². The first-order valence-corrected chi connectivity index (χ1v) is 8.03. The molecule has 9 heteroatoms. The molecule has 2 aromatic heterocycles. The topological polar surface area (TPSA) is 103 Å². The van der Waals surface area contributed by atoms with Crippen LogP contribution in [-0.4, -0.2) is 33.4 Å². The number of nitrogens with one attached hydrogen (secondary N) is 1. The summed E-state index contributed by atoms with van der Waals surface area (Å²) in [6, 6.07) is 7.40. The van der Waals surface area contributed by atoms with E-state index in [0.717, 1.165) is 10.6 Å². The summed E-state index contributed by atoms with van der Waals surface area (Å²) in [5, 5.41) is 15.6. The SMILES string of the molecule is COc1ccccc1-c1noc(CCC(=O)Nc2nnc(C)s2)n1. The zero-order valence-electron chi connectivity index (χ0n) is 13.1. The van der Waals surface area contributed by atoms with Gasteiger partial charge >= 0.3 is 0 Å². The van der Waals surface area contributed by atoms with E-state index in [1.54, 1.807) is 7.11 Å². The van der Waals surface area contributed by atoms with Gasteiger partial charge in [-0.2, -0.15) is 4.98 Å². The minimum atomic E-state index is -0.178. The third-order valence-electron chi connectivity index (χ3n) is 3.15. The van der Waals surface area contributed by atoms with Gasteiger partial charge in [0, 0.05) is 12.8 Å². The number of nitrogens with zero attached hydrogens (tertiary/aromatic N) is 4. The first kappa shape index (κ1) is 16.1. The van der Waals surface area contributed by atoms with Gasteiger partial charge in [-0.05, 0) is 19.1 Å². The lowest BCUT2D eigenvalue weighted by Gasteiger charge is -2.03. The molecule has 2 heterocycles. The molecule has 1 amide bonds. The lowest BCUT2D eigenvalue weighted by molar-refractivity contribution is -0.116. The summed E-state index contributed by atoms with van der Waals surface area (Å²) in [7, 11) is 1.58. The van der Waals surface area contributed by atoms with Crippen molar-refractivity contribution in [3.63, 3.8) is 0 Å². The van der Waals surface area contributed by atoms with Crippen LogP contribution in [0.15, 0.2) is 28.8 Å². The molecule has 8 nitrogen and oxygen atoms in total. The molecule has 0 unspecified atom stereocenters. The summed E-state index contributed by atoms with van der Waals surface area (Å²) in [5.74, 6) is 1.31. The number of carbonyl (C=O) groups excluding carboxylic acids is 1. The van der Waals surface area contributed by atoms with Gasteiger partial charge in [-0.15, -0.1) is 10.2 Å². The Labute approximate surface area is 141 Å². The zero-order valence-corrected chi connectivity index (χ0v) is 14.0. The fourth-order valence-electron chi connectivity index (χ4n) is 2.04. The quantitative estimate of drug-likeness (QED) is 0.732. The van der Waals surface area contributed by atoms with Crippen LogP contribution in [0.5, 0.6) is 5.75 Å². The van der Waals surface area contributed by atoms with Crippen molar-refractivity contribution >= 4 is 22.4 Å². The van der Waals surface area contributed by atoms with Gasteiger partial charge in [0.2, 0.25) is 22.8 Å². The van der Waals surface area contributed by atoms with Gasteiger partial charge in [-0.25, -0.2) is 0 Å². The molecule has 1 aromatic carbocycles. The zero-order chi connectivity index (χ0) is 16.9. The van der Waals surface area contributed by atoms with E-state index in [1.807, 2.05) is 31.2 Å². The number of hydrogen-bond acceptors (Lipinski definition) is 8. The van der Waals surface area contributed by atoms with Gasteiger partial charge in [-0.1, -0.05) is 28.6 Å². The molecule has 0 radical (unpaired) electrons. The van der Waals surface area contributed by atoms with Crippen LogP contribution >= 0.6 is 11.3 Å². The maximum Gasteiger partial charge on any atom is 0.227 e. The van der Waals surface area contributed by atoms with Crippen LogP contribution in [0.2, 0.25) is 0 Å². The Bertz CT molecular complexity index is 845. The average Bonchev–Trinajstić information content (AvgIpc) is 3.22. The van der Waals surface area contributed by atoms with E-state index >= 15 is 0 Å². The van der Waals surface area contributed by atoms with Crippen LogP contribution < -0.4 is 10.1 Å². The van der Waals surface area contributed by atoms with Crippen molar-refractivity contribution in [3.05, 3.63) is 35.2 Å². The van der Waals surface area contributed by atoms with Crippen LogP contribution in [0.4, 0.5) is 5.13 Å². The minimum Gasteiger partial charge on any atom is -0.496 e. The van der Waals surface area contributed by atoms with Crippen molar-refractivity contribution in [2.24, 2.45) is 0 Å². The summed E-state index contributed by atoms with van der Waals surface area (Å²) in [6.45, 7) is 1.82. The van der Waals surface area contributed by atoms with Gasteiger partial charge in [0.1, 0.15) is 10.8 Å². The molecule has 24 heavy (non-hydrogen) atoms. The van der Waals surface area contributed by atoms with E-state index in [-0.39, 0.29) is 12.3 Å². The second-order valence-corrected chi connectivity index (χ2v) is 6.07. The van der Waals surface area contributed by atoms with Crippen molar-refractivity contribution in [2.45, 2.75) is 19.8 Å². The summed E-state index contributed by atoms with van der Waals surface area (Å²) in [5.41, 5.74) is 0.740. The first-order valence-electron chi connectivity index (χ1n) is 7.21. The van der Waals surface area contributed by atoms with Crippen LogP contribution in [0.3, 0.4) is 0 Å². The van der Waals surface area contributed by atoms with Crippen LogP contribution in [0.1, 0.15) is 17.3 Å². The number of ether oxygens (including phenoxy) is 1. The molecule has 0 aliphatic rings. The van der Waals surface area contributed by atoms with E-state index in [0.29, 0.717) is 29.0 Å². The number of rotatable bonds is 6. The van der Waals surface area contributed by atoms with Crippen molar-refractivity contribution in [3.8, 4) is 17.1 Å². The Hall–Kier alpha value is -2.81. The van der Waals surface area contributed by atoms with Crippen LogP contribution in [0.25, 0.3) is 11.4 Å². The normalized spacial score (nSPS) is 10.6. The van der Waals surface area contributed by atoms with Crippen LogP contribution in [-0.2, 0) is 11.2 Å². The Balaban J connectivity index is 1.61. The number of anilines is 1. The third kappa shape index (κ3) is 3.74. The molecule has 0 aliphatic carbocycles. The molecule has 124 valence electrons. The van der Waals surface area contributed by atoms with Gasteiger partial charge < -0.3 is 14.6 Å². The Kier molecular flexibility index (Phi) is 4.80. The molecule has 3 aromatic rings. The molecular formula is C15H15N5O3S. The highest BCUT2D eigenvalue weighted by atomic mass is 32.1. The summed E-state index contributed by atoms with van der Waals surface area (Å²) < 4.78 is 10.5. The van der Waals surface area contributed by atoms with E-state index < -0.39 is 0 Å². The van der Waals surface area contributed by atoms with Crippen molar-refractivity contribution in [1.82, 2.24) is 20.3 Å². The van der Waals surface area contributed by atoms with Crippen molar-refractivity contribution in [1.29, 1.82) is 0 Å². The monoisotopic (exact) mass is 345 g/mol. The number of benzene rings is 1. The van der Waals surface area contributed by atoms with Crippen molar-refractivity contribution in [2.75, 3.05) is 12.4 Å². The highest BCUT2D eigenvalue weighted by Gasteiger charge is 2.14. The third-order valence-corrected chi connectivity index (χ3v) is 3.91. The van der Waals surface area contributed by atoms with E-state index in [1.165, 1.54) is 11.3 Å². The fraction of sp³-hybridized carbons (Fsp3) is 0.267. The second kappa shape index (κ2) is 7.18. The van der Waals surface area contributed by atoms with E-state index in [4.69, 9.17) is 9.26 Å². The minimum absolute atomic E-state index is 0.178. The Morgan fingerprint density at radius 2 is 2.17 bits per heavy atom. The summed E-state index contributed by atoms with van der Waals surface area (Å²) in [4.78, 5) is 16.2. The van der Waals surface area contributed by atoms with Gasteiger partial charge in [0.15, 0.2) is 0 Å². The predicted octanol–water partition coefficient (Wildman–Crippen LogP) is 2.48. The summed E-state index contributed by atoms with van der Waals surface area (Å²) >= 11 is 1.32. The number of para-hydroxylation sites is 1. The number of aromatic nitrogens is 4. The molecule has 1 N–H and O–H groups in total. The molecule has 0 saturated heterocycles. The average molecular weight is 345 g/mol. The molecular weight excluding hydrogens is 330 g/mol. The lowest BCUT2D eigenvalue weighted by atomic mass is 10.2. The highest BCUT2D eigenvalue weighted by Crippen LogP contribution is 2.27.